The lowest BCUT2D eigenvalue weighted by Gasteiger charge is -2.20. The Morgan fingerprint density at radius 1 is 0.455 bits per heavy atom. The Kier molecular flexibility index (Phi) is 43.0. The molecule has 55 heavy (non-hydrogen) atoms. The number of nitrogens with one attached hydrogen (secondary N) is 1. The fourth-order valence-corrected chi connectivity index (χ4v) is 6.07. The molecule has 4 nitrogen and oxygen atoms in total. The summed E-state index contributed by atoms with van der Waals surface area (Å²) in [5.41, 5.74) is 0. The van der Waals surface area contributed by atoms with Crippen LogP contribution < -0.4 is 5.32 Å². The molecule has 0 saturated heterocycles. The van der Waals surface area contributed by atoms with Gasteiger partial charge in [0.25, 0.3) is 0 Å². The number of hydrogen-bond acceptors (Lipinski definition) is 3. The molecule has 0 saturated carbocycles. The molecular weight excluding hydrogens is 675 g/mol. The molecule has 3 N–H and O–H groups in total. The maximum absolute atomic E-state index is 12.4. The molecule has 0 heterocycles. The second-order valence-corrected chi connectivity index (χ2v) is 14.7. The number of amides is 1. The minimum absolute atomic E-state index is 0.0806. The van der Waals surface area contributed by atoms with Crippen molar-refractivity contribution in [3.63, 3.8) is 0 Å². The highest BCUT2D eigenvalue weighted by Crippen LogP contribution is 2.12. The third-order valence-corrected chi connectivity index (χ3v) is 9.51. The van der Waals surface area contributed by atoms with E-state index in [0.717, 1.165) is 89.9 Å². The molecule has 0 rings (SSSR count). The molecule has 0 aromatic carbocycles. The van der Waals surface area contributed by atoms with E-state index >= 15 is 0 Å². The predicted molar refractivity (Wildman–Crippen MR) is 243 cm³/mol. The molecule has 0 fully saturated rings. The monoisotopic (exact) mass is 760 g/mol. The van der Waals surface area contributed by atoms with Gasteiger partial charge in [0.05, 0.1) is 18.8 Å². The van der Waals surface area contributed by atoms with Crippen LogP contribution in [0, 0.1) is 0 Å². The standard InChI is InChI=1S/C51H85NO3/c1-3-5-7-9-11-13-15-16-17-18-19-20-21-22-23-24-25-26-27-28-29-30-31-32-33-34-35-36-37-39-41-43-45-47-51(55)52-49(48-53)50(54)46-44-42-40-38-14-12-10-8-6-4-2/h5,7,11,13,16-17,19-20,22-23,25-26,28-29,31-32,44,46,49-50,53-54H,3-4,6,8-10,12,14-15,18,21,24,27,30,33-43,45,47-48H2,1-2H3,(H,52,55)/b7-5-,13-11-,17-16-,20-19-,23-22-,26-25-,29-28-,32-31-,46-44+. The zero-order chi connectivity index (χ0) is 40.0. The summed E-state index contributed by atoms with van der Waals surface area (Å²) in [5.74, 6) is -0.0806. The van der Waals surface area contributed by atoms with Crippen LogP contribution in [-0.4, -0.2) is 34.9 Å². The molecule has 312 valence electrons. The van der Waals surface area contributed by atoms with Gasteiger partial charge in [-0.25, -0.2) is 0 Å². The average molecular weight is 760 g/mol. The molecule has 0 bridgehead atoms. The Hall–Kier alpha value is -2.95. The van der Waals surface area contributed by atoms with E-state index in [-0.39, 0.29) is 12.5 Å². The Morgan fingerprint density at radius 2 is 0.800 bits per heavy atom. The summed E-state index contributed by atoms with van der Waals surface area (Å²) in [6.45, 7) is 4.15. The topological polar surface area (TPSA) is 69.6 Å². The summed E-state index contributed by atoms with van der Waals surface area (Å²) < 4.78 is 0. The molecule has 0 radical (unpaired) electrons. The quantitative estimate of drug-likeness (QED) is 0.0432. The van der Waals surface area contributed by atoms with Gasteiger partial charge in [0.1, 0.15) is 0 Å². The van der Waals surface area contributed by atoms with Crippen molar-refractivity contribution in [1.82, 2.24) is 5.32 Å². The maximum atomic E-state index is 12.4. The zero-order valence-electron chi connectivity index (χ0n) is 35.6. The van der Waals surface area contributed by atoms with Gasteiger partial charge in [-0.15, -0.1) is 0 Å². The number of carbonyl (C=O) groups is 1. The van der Waals surface area contributed by atoms with Crippen LogP contribution in [0.1, 0.15) is 187 Å². The first kappa shape index (κ1) is 52.0. The Morgan fingerprint density at radius 3 is 1.20 bits per heavy atom. The number of aliphatic hydroxyl groups excluding tert-OH is 2. The minimum Gasteiger partial charge on any atom is -0.394 e. The van der Waals surface area contributed by atoms with Gasteiger partial charge in [0.15, 0.2) is 0 Å². The van der Waals surface area contributed by atoms with E-state index in [1.165, 1.54) is 77.0 Å². The summed E-state index contributed by atoms with van der Waals surface area (Å²) in [6, 6.07) is -0.632. The van der Waals surface area contributed by atoms with Gasteiger partial charge in [-0.05, 0) is 83.5 Å². The van der Waals surface area contributed by atoms with E-state index in [9.17, 15) is 15.0 Å². The molecule has 0 aliphatic carbocycles. The SMILES string of the molecule is CC/C=C\C/C=C\C/C=C\C/C=C\C/C=C\C/C=C\C/C=C\C/C=C\CCCCCCCCCCC(=O)NC(CO)C(O)/C=C/CCCCCCCCCC. The smallest absolute Gasteiger partial charge is 0.220 e. The lowest BCUT2D eigenvalue weighted by molar-refractivity contribution is -0.123. The summed E-state index contributed by atoms with van der Waals surface area (Å²) in [5, 5.41) is 22.9. The number of hydrogen-bond donors (Lipinski definition) is 3. The first-order valence-electron chi connectivity index (χ1n) is 22.6. The van der Waals surface area contributed by atoms with Crippen LogP contribution in [0.3, 0.4) is 0 Å². The fraction of sp³-hybridized carbons (Fsp3) is 0.627. The highest BCUT2D eigenvalue weighted by Gasteiger charge is 2.17. The fourth-order valence-electron chi connectivity index (χ4n) is 6.07. The third-order valence-electron chi connectivity index (χ3n) is 9.51. The van der Waals surface area contributed by atoms with Crippen LogP contribution in [0.5, 0.6) is 0 Å². The summed E-state index contributed by atoms with van der Waals surface area (Å²) in [6.07, 6.45) is 69.1. The molecule has 0 spiro atoms. The largest absolute Gasteiger partial charge is 0.394 e. The van der Waals surface area contributed by atoms with Crippen molar-refractivity contribution in [3.8, 4) is 0 Å². The second kappa shape index (κ2) is 45.4. The molecule has 2 unspecified atom stereocenters. The van der Waals surface area contributed by atoms with Crippen molar-refractivity contribution in [2.75, 3.05) is 6.61 Å². The van der Waals surface area contributed by atoms with E-state index in [2.05, 4.69) is 116 Å². The predicted octanol–water partition coefficient (Wildman–Crippen LogP) is 14.4. The van der Waals surface area contributed by atoms with Gasteiger partial charge < -0.3 is 15.5 Å². The van der Waals surface area contributed by atoms with Gasteiger partial charge in [0.2, 0.25) is 5.91 Å². The van der Waals surface area contributed by atoms with Gasteiger partial charge in [-0.3, -0.25) is 4.79 Å². The summed E-state index contributed by atoms with van der Waals surface area (Å²) in [7, 11) is 0. The van der Waals surface area contributed by atoms with Crippen molar-refractivity contribution in [2.24, 2.45) is 0 Å². The summed E-state index contributed by atoms with van der Waals surface area (Å²) in [4.78, 5) is 12.4. The van der Waals surface area contributed by atoms with Crippen molar-refractivity contribution in [1.29, 1.82) is 0 Å². The lowest BCUT2D eigenvalue weighted by atomic mass is 10.1. The van der Waals surface area contributed by atoms with E-state index in [1.807, 2.05) is 6.08 Å². The first-order valence-corrected chi connectivity index (χ1v) is 22.6. The van der Waals surface area contributed by atoms with Crippen molar-refractivity contribution in [3.05, 3.63) is 109 Å². The van der Waals surface area contributed by atoms with Crippen LogP contribution >= 0.6 is 0 Å². The number of carbonyl (C=O) groups excluding carboxylic acids is 1. The zero-order valence-corrected chi connectivity index (χ0v) is 35.6. The van der Waals surface area contributed by atoms with E-state index in [1.54, 1.807) is 6.08 Å². The maximum Gasteiger partial charge on any atom is 0.220 e. The van der Waals surface area contributed by atoms with E-state index in [4.69, 9.17) is 0 Å². The molecule has 2 atom stereocenters. The third kappa shape index (κ3) is 42.0. The lowest BCUT2D eigenvalue weighted by Crippen LogP contribution is -2.45. The molecular formula is C51H85NO3. The van der Waals surface area contributed by atoms with Crippen molar-refractivity contribution >= 4 is 5.91 Å². The number of allylic oxidation sites excluding steroid dienone is 17. The molecule has 0 aromatic rings. The normalized spacial score (nSPS) is 14.0. The van der Waals surface area contributed by atoms with Crippen LogP contribution in [-0.2, 0) is 4.79 Å². The number of aliphatic hydroxyl groups is 2. The van der Waals surface area contributed by atoms with Crippen LogP contribution in [0.15, 0.2) is 109 Å². The second-order valence-electron chi connectivity index (χ2n) is 14.7. The average Bonchev–Trinajstić information content (AvgIpc) is 3.19. The molecule has 4 heteroatoms. The molecule has 0 aromatic heterocycles. The molecule has 0 aliphatic rings. The van der Waals surface area contributed by atoms with Gasteiger partial charge in [-0.1, -0.05) is 207 Å². The van der Waals surface area contributed by atoms with Gasteiger partial charge >= 0.3 is 0 Å². The molecule has 0 aliphatic heterocycles. The highest BCUT2D eigenvalue weighted by molar-refractivity contribution is 5.76. The summed E-state index contributed by atoms with van der Waals surface area (Å²) >= 11 is 0. The number of rotatable bonds is 39. The van der Waals surface area contributed by atoms with Gasteiger partial charge in [0, 0.05) is 6.42 Å². The first-order chi connectivity index (χ1) is 27.2. The van der Waals surface area contributed by atoms with Gasteiger partial charge in [-0.2, -0.15) is 0 Å². The minimum atomic E-state index is -0.847. The van der Waals surface area contributed by atoms with Crippen LogP contribution in [0.4, 0.5) is 0 Å². The highest BCUT2D eigenvalue weighted by atomic mass is 16.3. The van der Waals surface area contributed by atoms with Crippen molar-refractivity contribution < 1.29 is 15.0 Å². The molecule has 1 amide bonds. The Balaban J connectivity index is 3.64. The van der Waals surface area contributed by atoms with E-state index < -0.39 is 12.1 Å². The van der Waals surface area contributed by atoms with E-state index in [0.29, 0.717) is 6.42 Å². The Labute approximate surface area is 340 Å². The Bertz CT molecular complexity index is 1090. The van der Waals surface area contributed by atoms with Crippen molar-refractivity contribution in [2.45, 2.75) is 199 Å². The van der Waals surface area contributed by atoms with Crippen LogP contribution in [0.25, 0.3) is 0 Å². The number of unbranched alkanes of at least 4 members (excludes halogenated alkanes) is 16. The van der Waals surface area contributed by atoms with Crippen LogP contribution in [0.2, 0.25) is 0 Å².